The van der Waals surface area contributed by atoms with Crippen molar-refractivity contribution in [3.8, 4) is 0 Å². The third-order valence-electron chi connectivity index (χ3n) is 2.13. The van der Waals surface area contributed by atoms with Crippen molar-refractivity contribution in [2.45, 2.75) is 26.3 Å². The van der Waals surface area contributed by atoms with Gasteiger partial charge in [0.05, 0.1) is 17.8 Å². The maximum atomic E-state index is 11.3. The first-order chi connectivity index (χ1) is 7.08. The molecule has 0 amide bonds. The molecule has 0 bridgehead atoms. The van der Waals surface area contributed by atoms with Gasteiger partial charge in [0.25, 0.3) is 0 Å². The molecule has 0 aromatic carbocycles. The monoisotopic (exact) mass is 228 g/mol. The van der Waals surface area contributed by atoms with Gasteiger partial charge in [-0.05, 0) is 19.4 Å². The molecule has 1 atom stereocenters. The van der Waals surface area contributed by atoms with E-state index >= 15 is 0 Å². The molecule has 0 radical (unpaired) electrons. The lowest BCUT2D eigenvalue weighted by molar-refractivity contribution is 0.0607. The van der Waals surface area contributed by atoms with Gasteiger partial charge >= 0.3 is 5.97 Å². The minimum atomic E-state index is -0.380. The third kappa shape index (κ3) is 2.86. The van der Waals surface area contributed by atoms with Crippen molar-refractivity contribution in [3.05, 3.63) is 10.9 Å². The second-order valence-corrected chi connectivity index (χ2v) is 4.39. The molecule has 1 aromatic heterocycles. The Hall–Kier alpha value is -1.23. The molecular weight excluding hydrogens is 212 g/mol. The molecule has 1 heterocycles. The van der Waals surface area contributed by atoms with Crippen LogP contribution >= 0.6 is 11.3 Å². The molecule has 1 rings (SSSR count). The van der Waals surface area contributed by atoms with Crippen LogP contribution in [0.2, 0.25) is 0 Å². The smallest absolute Gasteiger partial charge is 0.350 e. The Kier molecular flexibility index (Phi) is 3.96. The average molecular weight is 228 g/mol. The molecule has 0 fully saturated rings. The summed E-state index contributed by atoms with van der Waals surface area (Å²) in [5.41, 5.74) is 6.17. The van der Waals surface area contributed by atoms with E-state index in [9.17, 15) is 4.79 Å². The van der Waals surface area contributed by atoms with Gasteiger partial charge in [-0.25, -0.2) is 4.79 Å². The van der Waals surface area contributed by atoms with Crippen molar-refractivity contribution in [1.82, 2.24) is 0 Å². The zero-order valence-corrected chi connectivity index (χ0v) is 9.98. The second-order valence-electron chi connectivity index (χ2n) is 3.34. The number of hydrogen-bond donors (Lipinski definition) is 2. The molecule has 15 heavy (non-hydrogen) atoms. The van der Waals surface area contributed by atoms with Gasteiger partial charge in [0.1, 0.15) is 4.88 Å². The van der Waals surface area contributed by atoms with E-state index in [-0.39, 0.29) is 5.97 Å². The van der Waals surface area contributed by atoms with Crippen LogP contribution in [-0.4, -0.2) is 19.1 Å². The number of nitrogens with one attached hydrogen (secondary N) is 1. The molecule has 0 spiro atoms. The Morgan fingerprint density at radius 2 is 2.40 bits per heavy atom. The Balaban J connectivity index is 2.81. The van der Waals surface area contributed by atoms with Crippen LogP contribution in [0.1, 0.15) is 29.9 Å². The number of rotatable bonds is 4. The number of carbonyl (C=O) groups is 1. The predicted molar refractivity (Wildman–Crippen MR) is 63.4 cm³/mol. The van der Waals surface area contributed by atoms with Gasteiger partial charge in [0.2, 0.25) is 0 Å². The Labute approximate surface area is 93.4 Å². The summed E-state index contributed by atoms with van der Waals surface area (Å²) < 4.78 is 4.63. The van der Waals surface area contributed by atoms with E-state index in [2.05, 4.69) is 23.9 Å². The van der Waals surface area contributed by atoms with E-state index in [4.69, 9.17) is 5.73 Å². The fourth-order valence-corrected chi connectivity index (χ4v) is 2.08. The zero-order valence-electron chi connectivity index (χ0n) is 9.16. The first kappa shape index (κ1) is 11.8. The van der Waals surface area contributed by atoms with Crippen LogP contribution in [-0.2, 0) is 4.74 Å². The van der Waals surface area contributed by atoms with Crippen molar-refractivity contribution >= 4 is 28.0 Å². The number of hydrogen-bond acceptors (Lipinski definition) is 5. The van der Waals surface area contributed by atoms with Crippen molar-refractivity contribution in [3.63, 3.8) is 0 Å². The fraction of sp³-hybridized carbons (Fsp3) is 0.500. The minimum Gasteiger partial charge on any atom is -0.465 e. The van der Waals surface area contributed by atoms with Crippen LogP contribution in [0.15, 0.2) is 6.07 Å². The molecular formula is C10H16N2O2S. The Bertz CT molecular complexity index is 349. The highest BCUT2D eigenvalue weighted by Crippen LogP contribution is 2.30. The van der Waals surface area contributed by atoms with Gasteiger partial charge in [0.15, 0.2) is 0 Å². The molecule has 5 heteroatoms. The van der Waals surface area contributed by atoms with E-state index in [1.54, 1.807) is 6.07 Å². The standard InChI is InChI=1S/C10H16N2O2S/c1-4-6(2)12-8-5-7(11)9(15-8)10(13)14-3/h5-6,12H,4,11H2,1-3H3. The lowest BCUT2D eigenvalue weighted by Crippen LogP contribution is -2.11. The molecule has 0 aliphatic heterocycles. The Morgan fingerprint density at radius 3 is 2.93 bits per heavy atom. The van der Waals surface area contributed by atoms with Crippen LogP contribution in [0, 0.1) is 0 Å². The topological polar surface area (TPSA) is 64.3 Å². The number of carbonyl (C=O) groups excluding carboxylic acids is 1. The van der Waals surface area contributed by atoms with E-state index in [1.807, 2.05) is 0 Å². The summed E-state index contributed by atoms with van der Waals surface area (Å²) >= 11 is 1.33. The second kappa shape index (κ2) is 5.02. The van der Waals surface area contributed by atoms with Crippen LogP contribution in [0.3, 0.4) is 0 Å². The zero-order chi connectivity index (χ0) is 11.4. The molecule has 0 saturated heterocycles. The summed E-state index contributed by atoms with van der Waals surface area (Å²) in [5, 5.41) is 4.17. The average Bonchev–Trinajstić information content (AvgIpc) is 2.58. The summed E-state index contributed by atoms with van der Waals surface area (Å²) in [6.45, 7) is 4.17. The van der Waals surface area contributed by atoms with Gasteiger partial charge in [-0.15, -0.1) is 11.3 Å². The first-order valence-corrected chi connectivity index (χ1v) is 5.64. The maximum Gasteiger partial charge on any atom is 0.350 e. The number of ether oxygens (including phenoxy) is 1. The highest BCUT2D eigenvalue weighted by molar-refractivity contribution is 7.18. The van der Waals surface area contributed by atoms with E-state index in [0.717, 1.165) is 11.4 Å². The number of thiophene rings is 1. The summed E-state index contributed by atoms with van der Waals surface area (Å²) in [5.74, 6) is -0.380. The number of nitrogens with two attached hydrogens (primary N) is 1. The largest absolute Gasteiger partial charge is 0.465 e. The number of esters is 1. The lowest BCUT2D eigenvalue weighted by Gasteiger charge is -2.09. The molecule has 3 N–H and O–H groups in total. The van der Waals surface area contributed by atoms with Gasteiger partial charge in [-0.2, -0.15) is 0 Å². The van der Waals surface area contributed by atoms with Crippen molar-refractivity contribution in [2.75, 3.05) is 18.2 Å². The minimum absolute atomic E-state index is 0.369. The van der Waals surface area contributed by atoms with Crippen LogP contribution in [0.4, 0.5) is 10.7 Å². The molecule has 1 unspecified atom stereocenters. The highest BCUT2D eigenvalue weighted by Gasteiger charge is 2.15. The van der Waals surface area contributed by atoms with Crippen molar-refractivity contribution in [2.24, 2.45) is 0 Å². The van der Waals surface area contributed by atoms with Crippen LogP contribution in [0.5, 0.6) is 0 Å². The Morgan fingerprint density at radius 1 is 1.73 bits per heavy atom. The molecule has 0 saturated carbocycles. The fourth-order valence-electron chi connectivity index (χ4n) is 1.07. The lowest BCUT2D eigenvalue weighted by atomic mass is 10.3. The van der Waals surface area contributed by atoms with Gasteiger partial charge in [-0.1, -0.05) is 6.92 Å². The van der Waals surface area contributed by atoms with E-state index in [0.29, 0.717) is 16.6 Å². The van der Waals surface area contributed by atoms with Gasteiger partial charge in [-0.3, -0.25) is 0 Å². The molecule has 1 aromatic rings. The van der Waals surface area contributed by atoms with Crippen LogP contribution < -0.4 is 11.1 Å². The van der Waals surface area contributed by atoms with Crippen LogP contribution in [0.25, 0.3) is 0 Å². The predicted octanol–water partition coefficient (Wildman–Crippen LogP) is 2.33. The normalized spacial score (nSPS) is 12.2. The van der Waals surface area contributed by atoms with E-state index in [1.165, 1.54) is 18.4 Å². The number of nitrogen functional groups attached to an aromatic ring is 1. The molecule has 84 valence electrons. The highest BCUT2D eigenvalue weighted by atomic mass is 32.1. The summed E-state index contributed by atoms with van der Waals surface area (Å²) in [7, 11) is 1.35. The van der Waals surface area contributed by atoms with Crippen molar-refractivity contribution < 1.29 is 9.53 Å². The number of methoxy groups -OCH3 is 1. The van der Waals surface area contributed by atoms with Gasteiger partial charge in [0, 0.05) is 6.04 Å². The SMILES string of the molecule is CCC(C)Nc1cc(N)c(C(=O)OC)s1. The first-order valence-electron chi connectivity index (χ1n) is 4.82. The van der Waals surface area contributed by atoms with E-state index < -0.39 is 0 Å². The number of anilines is 2. The molecule has 0 aliphatic carbocycles. The quantitative estimate of drug-likeness (QED) is 0.776. The maximum absolute atomic E-state index is 11.3. The summed E-state index contributed by atoms with van der Waals surface area (Å²) in [6, 6.07) is 2.14. The van der Waals surface area contributed by atoms with Crippen molar-refractivity contribution in [1.29, 1.82) is 0 Å². The van der Waals surface area contributed by atoms with Gasteiger partial charge < -0.3 is 15.8 Å². The molecule has 0 aliphatic rings. The third-order valence-corrected chi connectivity index (χ3v) is 3.19. The summed E-state index contributed by atoms with van der Waals surface area (Å²) in [4.78, 5) is 11.7. The summed E-state index contributed by atoms with van der Waals surface area (Å²) in [6.07, 6.45) is 1.02. The molecule has 4 nitrogen and oxygen atoms in total.